The van der Waals surface area contributed by atoms with E-state index in [9.17, 15) is 18.0 Å². The van der Waals surface area contributed by atoms with Crippen molar-refractivity contribution in [2.75, 3.05) is 11.9 Å². The Morgan fingerprint density at radius 2 is 2.25 bits per heavy atom. The summed E-state index contributed by atoms with van der Waals surface area (Å²) < 4.78 is 40.6. The van der Waals surface area contributed by atoms with E-state index >= 15 is 0 Å². The normalized spacial score (nSPS) is 15.7. The third-order valence-electron chi connectivity index (χ3n) is 2.20. The number of alkyl halides is 3. The Morgan fingerprint density at radius 1 is 1.50 bits per heavy atom. The van der Waals surface area contributed by atoms with Gasteiger partial charge in [0.1, 0.15) is 5.69 Å². The molecule has 1 aliphatic rings. The Hall–Kier alpha value is -1.57. The first-order valence-corrected chi connectivity index (χ1v) is 4.55. The summed E-state index contributed by atoms with van der Waals surface area (Å²) >= 11 is 0. The summed E-state index contributed by atoms with van der Waals surface area (Å²) in [6, 6.07) is 0. The second kappa shape index (κ2) is 3.78. The number of hydrogen-bond acceptors (Lipinski definition) is 4. The summed E-state index contributed by atoms with van der Waals surface area (Å²) in [5.41, 5.74) is 1.06. The van der Waals surface area contributed by atoms with Gasteiger partial charge in [0.15, 0.2) is 0 Å². The summed E-state index contributed by atoms with van der Waals surface area (Å²) in [4.78, 5) is 10.7. The fourth-order valence-electron chi connectivity index (χ4n) is 1.43. The maximum absolute atomic E-state index is 12.0. The van der Waals surface area contributed by atoms with Crippen molar-refractivity contribution in [2.24, 2.45) is 0 Å². The number of fused-ring (bicyclic) bond motifs is 1. The van der Waals surface area contributed by atoms with Crippen LogP contribution in [-0.4, -0.2) is 23.8 Å². The lowest BCUT2D eigenvalue weighted by Gasteiger charge is -2.11. The van der Waals surface area contributed by atoms with Crippen molar-refractivity contribution in [1.29, 1.82) is 0 Å². The monoisotopic (exact) mass is 235 g/mol. The van der Waals surface area contributed by atoms with Crippen LogP contribution in [-0.2, 0) is 17.8 Å². The molecule has 0 saturated carbocycles. The second-order valence-corrected chi connectivity index (χ2v) is 3.32. The molecule has 0 aliphatic carbocycles. The first-order valence-electron chi connectivity index (χ1n) is 4.55. The van der Waals surface area contributed by atoms with Crippen LogP contribution in [0, 0.1) is 0 Å². The van der Waals surface area contributed by atoms with E-state index in [-0.39, 0.29) is 5.88 Å². The highest BCUT2D eigenvalue weighted by Gasteiger charge is 2.40. The molecule has 88 valence electrons. The van der Waals surface area contributed by atoms with Gasteiger partial charge in [-0.15, -0.1) is 0 Å². The first kappa shape index (κ1) is 10.9. The highest BCUT2D eigenvalue weighted by molar-refractivity contribution is 5.94. The number of amides is 1. The van der Waals surface area contributed by atoms with Crippen molar-refractivity contribution in [1.82, 2.24) is 10.5 Å². The van der Waals surface area contributed by atoms with Crippen molar-refractivity contribution < 1.29 is 22.5 Å². The van der Waals surface area contributed by atoms with E-state index in [0.29, 0.717) is 30.8 Å². The van der Waals surface area contributed by atoms with Crippen LogP contribution in [0.2, 0.25) is 0 Å². The average molecular weight is 235 g/mol. The molecule has 1 aliphatic heterocycles. The van der Waals surface area contributed by atoms with E-state index in [1.54, 1.807) is 5.32 Å². The van der Waals surface area contributed by atoms with Crippen molar-refractivity contribution in [3.8, 4) is 0 Å². The van der Waals surface area contributed by atoms with Gasteiger partial charge in [-0.3, -0.25) is 10.1 Å². The van der Waals surface area contributed by atoms with Gasteiger partial charge in [-0.1, -0.05) is 5.16 Å². The Bertz CT molecular complexity index is 413. The minimum absolute atomic E-state index is 0.209. The first-order chi connectivity index (χ1) is 7.48. The summed E-state index contributed by atoms with van der Waals surface area (Å²) in [5.74, 6) is -2.26. The number of halogens is 3. The van der Waals surface area contributed by atoms with Gasteiger partial charge in [0.25, 0.3) is 0 Å². The predicted octanol–water partition coefficient (Wildman–Crippen LogP) is 0.821. The van der Waals surface area contributed by atoms with Gasteiger partial charge < -0.3 is 9.84 Å². The summed E-state index contributed by atoms with van der Waals surface area (Å²) in [5, 5.41) is 8.22. The molecular formula is C8H8F3N3O2. The molecular weight excluding hydrogens is 227 g/mol. The molecule has 8 heteroatoms. The predicted molar refractivity (Wildman–Crippen MR) is 46.6 cm³/mol. The number of nitrogens with zero attached hydrogens (tertiary/aromatic N) is 1. The molecule has 2 heterocycles. The Labute approximate surface area is 88.0 Å². The third kappa shape index (κ3) is 2.01. The van der Waals surface area contributed by atoms with Crippen molar-refractivity contribution in [3.05, 3.63) is 11.3 Å². The molecule has 2 rings (SSSR count). The van der Waals surface area contributed by atoms with Crippen molar-refractivity contribution in [2.45, 2.75) is 19.1 Å². The van der Waals surface area contributed by atoms with Crippen LogP contribution in [0.15, 0.2) is 4.52 Å². The van der Waals surface area contributed by atoms with Gasteiger partial charge in [-0.2, -0.15) is 13.2 Å². The van der Waals surface area contributed by atoms with Crippen LogP contribution >= 0.6 is 0 Å². The fraction of sp³-hybridized carbons (Fsp3) is 0.500. The zero-order valence-corrected chi connectivity index (χ0v) is 8.02. The zero-order valence-electron chi connectivity index (χ0n) is 8.02. The highest BCUT2D eigenvalue weighted by atomic mass is 19.4. The molecule has 0 aromatic carbocycles. The molecule has 16 heavy (non-hydrogen) atoms. The molecule has 0 bridgehead atoms. The van der Waals surface area contributed by atoms with E-state index in [1.165, 1.54) is 0 Å². The zero-order chi connectivity index (χ0) is 11.8. The van der Waals surface area contributed by atoms with E-state index in [2.05, 4.69) is 15.0 Å². The van der Waals surface area contributed by atoms with Gasteiger partial charge >= 0.3 is 12.1 Å². The molecule has 1 aromatic rings. The molecule has 1 amide bonds. The Morgan fingerprint density at radius 3 is 2.94 bits per heavy atom. The number of nitrogens with one attached hydrogen (secondary N) is 2. The summed E-state index contributed by atoms with van der Waals surface area (Å²) in [6.45, 7) is 1.05. The lowest BCUT2D eigenvalue weighted by Crippen LogP contribution is -2.30. The van der Waals surface area contributed by atoms with Crippen molar-refractivity contribution in [3.63, 3.8) is 0 Å². The number of rotatable bonds is 1. The number of carbonyl (C=O) groups excluding carboxylic acids is 1. The van der Waals surface area contributed by atoms with Crippen LogP contribution in [0.4, 0.5) is 19.1 Å². The van der Waals surface area contributed by atoms with Gasteiger partial charge in [0.2, 0.25) is 5.88 Å². The number of hydrogen-bond donors (Lipinski definition) is 2. The van der Waals surface area contributed by atoms with Crippen LogP contribution in [0.1, 0.15) is 11.3 Å². The summed E-state index contributed by atoms with van der Waals surface area (Å²) in [7, 11) is 0. The lowest BCUT2D eigenvalue weighted by molar-refractivity contribution is -0.167. The molecule has 1 aromatic heterocycles. The maximum atomic E-state index is 12.0. The highest BCUT2D eigenvalue weighted by Crippen LogP contribution is 2.25. The fourth-order valence-corrected chi connectivity index (χ4v) is 1.43. The maximum Gasteiger partial charge on any atom is 0.471 e. The molecule has 2 N–H and O–H groups in total. The van der Waals surface area contributed by atoms with Gasteiger partial charge in [-0.05, 0) is 13.0 Å². The largest absolute Gasteiger partial charge is 0.471 e. The molecule has 0 saturated heterocycles. The van der Waals surface area contributed by atoms with Crippen LogP contribution in [0.5, 0.6) is 0 Å². The molecule has 0 unspecified atom stereocenters. The molecule has 0 spiro atoms. The quantitative estimate of drug-likeness (QED) is 0.756. The standard InChI is InChI=1S/C8H8F3N3O2/c9-8(10,11)7(15)13-6-4-1-2-12-3-5(4)14-16-6/h12H,1-3H2,(H,13,15). The van der Waals surface area contributed by atoms with Crippen molar-refractivity contribution >= 4 is 11.8 Å². The topological polar surface area (TPSA) is 67.2 Å². The number of carbonyl (C=O) groups is 1. The van der Waals surface area contributed by atoms with E-state index in [4.69, 9.17) is 0 Å². The van der Waals surface area contributed by atoms with Gasteiger partial charge in [0.05, 0.1) is 0 Å². The minimum atomic E-state index is -4.92. The Kier molecular flexibility index (Phi) is 2.58. The van der Waals surface area contributed by atoms with E-state index < -0.39 is 12.1 Å². The molecule has 0 fully saturated rings. The van der Waals surface area contributed by atoms with Gasteiger partial charge in [0, 0.05) is 12.1 Å². The van der Waals surface area contributed by atoms with Crippen LogP contribution < -0.4 is 10.6 Å². The summed E-state index contributed by atoms with van der Waals surface area (Å²) in [6.07, 6.45) is -4.45. The van der Waals surface area contributed by atoms with Crippen LogP contribution in [0.3, 0.4) is 0 Å². The minimum Gasteiger partial charge on any atom is -0.338 e. The number of anilines is 1. The molecule has 0 atom stereocenters. The van der Waals surface area contributed by atoms with E-state index in [1.807, 2.05) is 0 Å². The van der Waals surface area contributed by atoms with E-state index in [0.717, 1.165) is 0 Å². The third-order valence-corrected chi connectivity index (χ3v) is 2.20. The second-order valence-electron chi connectivity index (χ2n) is 3.32. The smallest absolute Gasteiger partial charge is 0.338 e. The molecule has 5 nitrogen and oxygen atoms in total. The van der Waals surface area contributed by atoms with Crippen LogP contribution in [0.25, 0.3) is 0 Å². The molecule has 0 radical (unpaired) electrons. The van der Waals surface area contributed by atoms with Gasteiger partial charge in [-0.25, -0.2) is 0 Å². The number of aromatic nitrogens is 1. The Balaban J connectivity index is 2.16. The SMILES string of the molecule is O=C(Nc1onc2c1CCNC2)C(F)(F)F. The lowest BCUT2D eigenvalue weighted by atomic mass is 10.1. The average Bonchev–Trinajstić information content (AvgIpc) is 2.61.